The van der Waals surface area contributed by atoms with Crippen molar-refractivity contribution in [3.05, 3.63) is 34.5 Å². The van der Waals surface area contributed by atoms with Crippen molar-refractivity contribution in [2.75, 3.05) is 13.2 Å². The third-order valence-electron chi connectivity index (χ3n) is 3.18. The first kappa shape index (κ1) is 15.4. The van der Waals surface area contributed by atoms with Crippen LogP contribution in [-0.2, 0) is 11.3 Å². The predicted octanol–water partition coefficient (Wildman–Crippen LogP) is 2.12. The number of aliphatic hydroxyl groups excluding tert-OH is 1. The Balaban J connectivity index is 2.04. The quantitative estimate of drug-likeness (QED) is 0.457. The highest BCUT2D eigenvalue weighted by molar-refractivity contribution is 5.80. The van der Waals surface area contributed by atoms with Gasteiger partial charge in [-0.1, -0.05) is 13.3 Å². The number of nitrogens with zero attached hydrogens (tertiary/aromatic N) is 3. The van der Waals surface area contributed by atoms with Crippen LogP contribution in [0.5, 0.6) is 0 Å². The molecule has 1 aromatic heterocycles. The predicted molar refractivity (Wildman–Crippen MR) is 78.1 cm³/mol. The topological polar surface area (TPSA) is 90.4 Å². The number of rotatable bonds is 8. The molecule has 1 aromatic carbocycles. The highest BCUT2D eigenvalue weighted by atomic mass is 16.6. The number of aromatic nitrogens is 2. The molecule has 0 amide bonds. The molecule has 0 fully saturated rings. The van der Waals surface area contributed by atoms with Crippen molar-refractivity contribution >= 4 is 16.6 Å². The Labute approximate surface area is 122 Å². The molecule has 114 valence electrons. The summed E-state index contributed by atoms with van der Waals surface area (Å²) < 4.78 is 6.92. The van der Waals surface area contributed by atoms with Crippen molar-refractivity contribution in [1.82, 2.24) is 9.78 Å². The largest absolute Gasteiger partial charge is 0.389 e. The number of non-ortho nitro benzene ring substituents is 1. The first-order valence-electron chi connectivity index (χ1n) is 6.97. The minimum absolute atomic E-state index is 0.0120. The van der Waals surface area contributed by atoms with Crippen LogP contribution in [0.25, 0.3) is 10.9 Å². The minimum Gasteiger partial charge on any atom is -0.389 e. The molecule has 0 aliphatic carbocycles. The van der Waals surface area contributed by atoms with E-state index < -0.39 is 11.0 Å². The standard InChI is InChI=1S/C14H19N3O4/c1-2-3-6-21-10-13(18)9-16-14-7-12(17(19)20)5-4-11(14)8-15-16/h4-5,7-8,13,18H,2-3,6,9-10H2,1H3. The molecule has 7 nitrogen and oxygen atoms in total. The molecular weight excluding hydrogens is 274 g/mol. The van der Waals surface area contributed by atoms with Gasteiger partial charge in [0.25, 0.3) is 5.69 Å². The molecule has 0 saturated heterocycles. The molecule has 21 heavy (non-hydrogen) atoms. The highest BCUT2D eigenvalue weighted by Gasteiger charge is 2.13. The van der Waals surface area contributed by atoms with Crippen LogP contribution >= 0.6 is 0 Å². The normalized spacial score (nSPS) is 12.7. The highest BCUT2D eigenvalue weighted by Crippen LogP contribution is 2.20. The Morgan fingerprint density at radius 3 is 3.05 bits per heavy atom. The average molecular weight is 293 g/mol. The van der Waals surface area contributed by atoms with Gasteiger partial charge in [-0.3, -0.25) is 14.8 Å². The van der Waals surface area contributed by atoms with E-state index in [9.17, 15) is 15.2 Å². The molecule has 0 saturated carbocycles. The van der Waals surface area contributed by atoms with Gasteiger partial charge in [-0.15, -0.1) is 0 Å². The molecule has 1 unspecified atom stereocenters. The second-order valence-corrected chi connectivity index (χ2v) is 4.91. The van der Waals surface area contributed by atoms with E-state index in [4.69, 9.17) is 4.74 Å². The number of fused-ring (bicyclic) bond motifs is 1. The SMILES string of the molecule is CCCCOCC(O)Cn1ncc2ccc([N+](=O)[O-])cc21. The van der Waals surface area contributed by atoms with Gasteiger partial charge in [0, 0.05) is 24.1 Å². The molecule has 1 heterocycles. The molecule has 0 bridgehead atoms. The summed E-state index contributed by atoms with van der Waals surface area (Å²) in [5.41, 5.74) is 0.648. The zero-order chi connectivity index (χ0) is 15.2. The molecule has 2 aromatic rings. The number of benzene rings is 1. The lowest BCUT2D eigenvalue weighted by atomic mass is 10.2. The van der Waals surface area contributed by atoms with E-state index in [-0.39, 0.29) is 18.8 Å². The fraction of sp³-hybridized carbons (Fsp3) is 0.500. The van der Waals surface area contributed by atoms with Crippen LogP contribution in [0.1, 0.15) is 19.8 Å². The summed E-state index contributed by atoms with van der Waals surface area (Å²) in [7, 11) is 0. The van der Waals surface area contributed by atoms with Crippen LogP contribution in [-0.4, -0.2) is 39.1 Å². The maximum atomic E-state index is 10.8. The third kappa shape index (κ3) is 3.99. The number of hydrogen-bond donors (Lipinski definition) is 1. The first-order valence-corrected chi connectivity index (χ1v) is 6.97. The van der Waals surface area contributed by atoms with Crippen LogP contribution in [0.15, 0.2) is 24.4 Å². The molecule has 1 N–H and O–H groups in total. The fourth-order valence-corrected chi connectivity index (χ4v) is 2.04. The minimum atomic E-state index is -0.691. The number of nitro benzene ring substituents is 1. The van der Waals surface area contributed by atoms with Crippen molar-refractivity contribution in [3.63, 3.8) is 0 Å². The van der Waals surface area contributed by atoms with Crippen LogP contribution in [0.4, 0.5) is 5.69 Å². The Hall–Kier alpha value is -1.99. The Kier molecular flexibility index (Phi) is 5.24. The average Bonchev–Trinajstić information content (AvgIpc) is 2.86. The van der Waals surface area contributed by atoms with Crippen LogP contribution in [0.3, 0.4) is 0 Å². The van der Waals surface area contributed by atoms with Gasteiger partial charge >= 0.3 is 0 Å². The maximum Gasteiger partial charge on any atom is 0.271 e. The van der Waals surface area contributed by atoms with Gasteiger partial charge in [-0.2, -0.15) is 5.10 Å². The zero-order valence-corrected chi connectivity index (χ0v) is 11.9. The molecule has 0 aliphatic rings. The van der Waals surface area contributed by atoms with E-state index in [2.05, 4.69) is 12.0 Å². The zero-order valence-electron chi connectivity index (χ0n) is 11.9. The molecule has 7 heteroatoms. The van der Waals surface area contributed by atoms with Crippen molar-refractivity contribution < 1.29 is 14.8 Å². The number of ether oxygens (including phenoxy) is 1. The van der Waals surface area contributed by atoms with E-state index >= 15 is 0 Å². The lowest BCUT2D eigenvalue weighted by molar-refractivity contribution is -0.384. The van der Waals surface area contributed by atoms with Gasteiger partial charge in [-0.05, 0) is 12.5 Å². The summed E-state index contributed by atoms with van der Waals surface area (Å²) in [6.07, 6.45) is 2.95. The first-order chi connectivity index (χ1) is 10.1. The Bertz CT molecular complexity index is 611. The molecule has 0 radical (unpaired) electrons. The van der Waals surface area contributed by atoms with Gasteiger partial charge in [0.15, 0.2) is 0 Å². The van der Waals surface area contributed by atoms with E-state index in [1.54, 1.807) is 16.9 Å². The molecule has 2 rings (SSSR count). The third-order valence-corrected chi connectivity index (χ3v) is 3.18. The van der Waals surface area contributed by atoms with Crippen molar-refractivity contribution in [1.29, 1.82) is 0 Å². The fourth-order valence-electron chi connectivity index (χ4n) is 2.04. The van der Waals surface area contributed by atoms with Gasteiger partial charge in [-0.25, -0.2) is 0 Å². The number of hydrogen-bond acceptors (Lipinski definition) is 5. The van der Waals surface area contributed by atoms with Gasteiger partial charge in [0.1, 0.15) is 0 Å². The number of nitro groups is 1. The monoisotopic (exact) mass is 293 g/mol. The summed E-state index contributed by atoms with van der Waals surface area (Å²) >= 11 is 0. The number of unbranched alkanes of at least 4 members (excludes halogenated alkanes) is 1. The van der Waals surface area contributed by atoms with Crippen molar-refractivity contribution in [2.45, 2.75) is 32.4 Å². The summed E-state index contributed by atoms with van der Waals surface area (Å²) in [5.74, 6) is 0. The molecule has 0 aliphatic heterocycles. The molecular formula is C14H19N3O4. The Morgan fingerprint density at radius 2 is 2.33 bits per heavy atom. The summed E-state index contributed by atoms with van der Waals surface area (Å²) in [6.45, 7) is 3.18. The van der Waals surface area contributed by atoms with E-state index in [1.165, 1.54) is 12.1 Å². The lowest BCUT2D eigenvalue weighted by Gasteiger charge is -2.12. The smallest absolute Gasteiger partial charge is 0.271 e. The van der Waals surface area contributed by atoms with E-state index in [1.807, 2.05) is 0 Å². The maximum absolute atomic E-state index is 10.8. The summed E-state index contributed by atoms with van der Waals surface area (Å²) in [5, 5.41) is 25.7. The van der Waals surface area contributed by atoms with Gasteiger partial charge < -0.3 is 9.84 Å². The second-order valence-electron chi connectivity index (χ2n) is 4.91. The van der Waals surface area contributed by atoms with Gasteiger partial charge in [0.05, 0.1) is 35.9 Å². The lowest BCUT2D eigenvalue weighted by Crippen LogP contribution is -2.22. The second kappa shape index (κ2) is 7.14. The van der Waals surface area contributed by atoms with Gasteiger partial charge in [0.2, 0.25) is 0 Å². The molecule has 0 spiro atoms. The summed E-state index contributed by atoms with van der Waals surface area (Å²) in [6, 6.07) is 4.56. The van der Waals surface area contributed by atoms with Crippen LogP contribution in [0, 0.1) is 10.1 Å². The number of aliphatic hydroxyl groups is 1. The van der Waals surface area contributed by atoms with Crippen molar-refractivity contribution in [2.24, 2.45) is 0 Å². The van der Waals surface area contributed by atoms with E-state index in [0.717, 1.165) is 18.2 Å². The summed E-state index contributed by atoms with van der Waals surface area (Å²) in [4.78, 5) is 10.4. The van der Waals surface area contributed by atoms with Crippen LogP contribution < -0.4 is 0 Å². The van der Waals surface area contributed by atoms with E-state index in [0.29, 0.717) is 12.1 Å². The molecule has 1 atom stereocenters. The van der Waals surface area contributed by atoms with Crippen molar-refractivity contribution in [3.8, 4) is 0 Å². The Morgan fingerprint density at radius 1 is 1.52 bits per heavy atom. The van der Waals surface area contributed by atoms with Crippen LogP contribution in [0.2, 0.25) is 0 Å².